The molecule has 0 saturated carbocycles. The van der Waals surface area contributed by atoms with Crippen LogP contribution in [0.25, 0.3) is 0 Å². The summed E-state index contributed by atoms with van der Waals surface area (Å²) in [7, 11) is 0. The number of hydrogen-bond donors (Lipinski definition) is 1. The number of nitrogens with zero attached hydrogens (tertiary/aromatic N) is 1. The van der Waals surface area contributed by atoms with Gasteiger partial charge in [-0.25, -0.2) is 4.98 Å². The monoisotopic (exact) mass is 216 g/mol. The summed E-state index contributed by atoms with van der Waals surface area (Å²) < 4.78 is 0. The van der Waals surface area contributed by atoms with Gasteiger partial charge in [-0.05, 0) is 25.0 Å². The Kier molecular flexibility index (Phi) is 1.83. The Morgan fingerprint density at radius 2 is 2.20 bits per heavy atom. The van der Waals surface area contributed by atoms with E-state index in [-0.39, 0.29) is 0 Å². The first-order valence-electron chi connectivity index (χ1n) is 5.06. The molecule has 15 heavy (non-hydrogen) atoms. The SMILES string of the molecule is Cc1nc2c(s1)Nc1c(C)cccc1C2. The Morgan fingerprint density at radius 3 is 3.07 bits per heavy atom. The van der Waals surface area contributed by atoms with E-state index in [4.69, 9.17) is 0 Å². The van der Waals surface area contributed by atoms with Crippen LogP contribution in [0.2, 0.25) is 0 Å². The van der Waals surface area contributed by atoms with Crippen LogP contribution in [0.5, 0.6) is 0 Å². The minimum absolute atomic E-state index is 0.962. The summed E-state index contributed by atoms with van der Waals surface area (Å²) in [4.78, 5) is 4.54. The minimum atomic E-state index is 0.962. The van der Waals surface area contributed by atoms with Crippen LogP contribution in [0, 0.1) is 13.8 Å². The lowest BCUT2D eigenvalue weighted by Gasteiger charge is -2.18. The average Bonchev–Trinajstić information content (AvgIpc) is 2.55. The molecule has 2 aromatic rings. The molecule has 0 radical (unpaired) electrons. The average molecular weight is 216 g/mol. The van der Waals surface area contributed by atoms with Crippen molar-refractivity contribution in [3.05, 3.63) is 40.0 Å². The standard InChI is InChI=1S/C12H12N2S/c1-7-4-3-5-9-6-10-12(14-11(7)9)15-8(2)13-10/h3-5,14H,6H2,1-2H3. The molecule has 0 fully saturated rings. The molecule has 2 nitrogen and oxygen atoms in total. The lowest BCUT2D eigenvalue weighted by molar-refractivity contribution is 1.06. The Morgan fingerprint density at radius 1 is 1.33 bits per heavy atom. The summed E-state index contributed by atoms with van der Waals surface area (Å²) in [6.07, 6.45) is 0.962. The van der Waals surface area contributed by atoms with Gasteiger partial charge in [0.2, 0.25) is 0 Å². The zero-order chi connectivity index (χ0) is 10.4. The molecule has 0 atom stereocenters. The molecule has 1 N–H and O–H groups in total. The van der Waals surface area contributed by atoms with Crippen LogP contribution in [0.1, 0.15) is 21.8 Å². The lowest BCUT2D eigenvalue weighted by Crippen LogP contribution is -2.06. The topological polar surface area (TPSA) is 24.9 Å². The second-order valence-electron chi connectivity index (χ2n) is 3.92. The summed E-state index contributed by atoms with van der Waals surface area (Å²) in [5, 5.41) is 5.84. The molecule has 0 saturated heterocycles. The van der Waals surface area contributed by atoms with Crippen molar-refractivity contribution < 1.29 is 0 Å². The molecule has 0 unspecified atom stereocenters. The first-order chi connectivity index (χ1) is 7.24. The largest absolute Gasteiger partial charge is 0.345 e. The first kappa shape index (κ1) is 8.92. The Bertz CT molecular complexity index is 528. The zero-order valence-electron chi connectivity index (χ0n) is 8.79. The third kappa shape index (κ3) is 1.35. The van der Waals surface area contributed by atoms with E-state index in [1.54, 1.807) is 11.3 Å². The summed E-state index contributed by atoms with van der Waals surface area (Å²) in [6, 6.07) is 6.43. The number of thiazole rings is 1. The van der Waals surface area contributed by atoms with Gasteiger partial charge in [-0.1, -0.05) is 18.2 Å². The molecule has 1 aliphatic rings. The normalized spacial score (nSPS) is 12.9. The number of fused-ring (bicyclic) bond motifs is 2. The maximum atomic E-state index is 4.54. The molecule has 1 aliphatic heterocycles. The highest BCUT2D eigenvalue weighted by molar-refractivity contribution is 7.15. The molecule has 0 amide bonds. The molecule has 0 bridgehead atoms. The highest BCUT2D eigenvalue weighted by Gasteiger charge is 2.19. The van der Waals surface area contributed by atoms with Crippen LogP contribution >= 0.6 is 11.3 Å². The number of hydrogen-bond acceptors (Lipinski definition) is 3. The van der Waals surface area contributed by atoms with Crippen molar-refractivity contribution in [1.82, 2.24) is 4.98 Å². The molecule has 0 aliphatic carbocycles. The van der Waals surface area contributed by atoms with Gasteiger partial charge in [-0.3, -0.25) is 0 Å². The summed E-state index contributed by atoms with van der Waals surface area (Å²) in [5.74, 6) is 0. The number of rotatable bonds is 0. The van der Waals surface area contributed by atoms with Gasteiger partial charge in [0.15, 0.2) is 0 Å². The van der Waals surface area contributed by atoms with Crippen LogP contribution in [0.3, 0.4) is 0 Å². The van der Waals surface area contributed by atoms with Crippen LogP contribution in [0.4, 0.5) is 10.7 Å². The van der Waals surface area contributed by atoms with Crippen molar-refractivity contribution in [2.75, 3.05) is 5.32 Å². The van der Waals surface area contributed by atoms with Crippen molar-refractivity contribution >= 4 is 22.0 Å². The van der Waals surface area contributed by atoms with Crippen LogP contribution in [-0.2, 0) is 6.42 Å². The Hall–Kier alpha value is -1.35. The van der Waals surface area contributed by atoms with Crippen molar-refractivity contribution in [1.29, 1.82) is 0 Å². The predicted molar refractivity (Wildman–Crippen MR) is 64.1 cm³/mol. The predicted octanol–water partition coefficient (Wildman–Crippen LogP) is 3.41. The molecule has 0 spiro atoms. The number of aryl methyl sites for hydroxylation is 2. The number of anilines is 2. The van der Waals surface area contributed by atoms with Gasteiger partial charge in [0.1, 0.15) is 5.00 Å². The maximum absolute atomic E-state index is 4.54. The van der Waals surface area contributed by atoms with Gasteiger partial charge in [0.25, 0.3) is 0 Å². The second kappa shape index (κ2) is 3.07. The summed E-state index contributed by atoms with van der Waals surface area (Å²) in [6.45, 7) is 4.20. The van der Waals surface area contributed by atoms with Gasteiger partial charge in [-0.15, -0.1) is 11.3 Å². The molecule has 2 heterocycles. The highest BCUT2D eigenvalue weighted by Crippen LogP contribution is 2.37. The molecular weight excluding hydrogens is 204 g/mol. The van der Waals surface area contributed by atoms with E-state index in [1.165, 1.54) is 27.5 Å². The summed E-state index contributed by atoms with van der Waals surface area (Å²) >= 11 is 1.74. The number of benzene rings is 1. The van der Waals surface area contributed by atoms with E-state index >= 15 is 0 Å². The Labute approximate surface area is 93.0 Å². The smallest absolute Gasteiger partial charge is 0.117 e. The third-order valence-corrected chi connectivity index (χ3v) is 3.69. The fraction of sp³-hybridized carbons (Fsp3) is 0.250. The molecule has 76 valence electrons. The quantitative estimate of drug-likeness (QED) is 0.623. The lowest BCUT2D eigenvalue weighted by atomic mass is 10.0. The maximum Gasteiger partial charge on any atom is 0.117 e. The minimum Gasteiger partial charge on any atom is -0.345 e. The van der Waals surface area contributed by atoms with Crippen molar-refractivity contribution in [3.8, 4) is 0 Å². The van der Waals surface area contributed by atoms with E-state index in [0.717, 1.165) is 11.4 Å². The van der Waals surface area contributed by atoms with Crippen molar-refractivity contribution in [2.24, 2.45) is 0 Å². The third-order valence-electron chi connectivity index (χ3n) is 2.76. The van der Waals surface area contributed by atoms with E-state index in [0.29, 0.717) is 0 Å². The van der Waals surface area contributed by atoms with Gasteiger partial charge in [-0.2, -0.15) is 0 Å². The van der Waals surface area contributed by atoms with E-state index in [2.05, 4.69) is 42.3 Å². The van der Waals surface area contributed by atoms with Gasteiger partial charge in [0, 0.05) is 12.1 Å². The summed E-state index contributed by atoms with van der Waals surface area (Å²) in [5.41, 5.74) is 5.13. The molecule has 3 rings (SSSR count). The van der Waals surface area contributed by atoms with Gasteiger partial charge >= 0.3 is 0 Å². The molecule has 1 aromatic carbocycles. The van der Waals surface area contributed by atoms with E-state index in [9.17, 15) is 0 Å². The number of para-hydroxylation sites is 1. The van der Waals surface area contributed by atoms with Crippen molar-refractivity contribution in [3.63, 3.8) is 0 Å². The zero-order valence-corrected chi connectivity index (χ0v) is 9.61. The molecule has 1 aromatic heterocycles. The van der Waals surface area contributed by atoms with E-state index < -0.39 is 0 Å². The second-order valence-corrected chi connectivity index (χ2v) is 5.12. The van der Waals surface area contributed by atoms with E-state index in [1.807, 2.05) is 0 Å². The fourth-order valence-corrected chi connectivity index (χ4v) is 2.88. The Balaban J connectivity index is 2.14. The fourth-order valence-electron chi connectivity index (χ4n) is 2.04. The molecular formula is C12H12N2S. The highest BCUT2D eigenvalue weighted by atomic mass is 32.1. The van der Waals surface area contributed by atoms with Crippen molar-refractivity contribution in [2.45, 2.75) is 20.3 Å². The number of aromatic nitrogens is 1. The van der Waals surface area contributed by atoms with Gasteiger partial charge in [0.05, 0.1) is 10.7 Å². The first-order valence-corrected chi connectivity index (χ1v) is 5.87. The van der Waals surface area contributed by atoms with Crippen LogP contribution < -0.4 is 5.32 Å². The van der Waals surface area contributed by atoms with Crippen LogP contribution in [0.15, 0.2) is 18.2 Å². The van der Waals surface area contributed by atoms with Gasteiger partial charge < -0.3 is 5.32 Å². The molecule has 3 heteroatoms. The van der Waals surface area contributed by atoms with Crippen LogP contribution in [-0.4, -0.2) is 4.98 Å². The number of nitrogens with one attached hydrogen (secondary N) is 1.